The molecule has 108 valence electrons. The summed E-state index contributed by atoms with van der Waals surface area (Å²) in [6.07, 6.45) is 4.64. The van der Waals surface area contributed by atoms with Crippen molar-refractivity contribution in [3.63, 3.8) is 0 Å². The molecule has 2 atom stereocenters. The van der Waals surface area contributed by atoms with Crippen LogP contribution in [0.1, 0.15) is 31.2 Å². The van der Waals surface area contributed by atoms with E-state index in [4.69, 9.17) is 0 Å². The zero-order chi connectivity index (χ0) is 13.8. The highest BCUT2D eigenvalue weighted by molar-refractivity contribution is 5.76. The molecule has 1 aliphatic carbocycles. The van der Waals surface area contributed by atoms with E-state index in [-0.39, 0.29) is 5.91 Å². The maximum absolute atomic E-state index is 12.2. The number of fused-ring (bicyclic) bond motifs is 2. The van der Waals surface area contributed by atoms with Gasteiger partial charge in [0.2, 0.25) is 5.91 Å². The van der Waals surface area contributed by atoms with Crippen molar-refractivity contribution in [3.8, 4) is 0 Å². The predicted octanol–water partition coefficient (Wildman–Crippen LogP) is 2.33. The van der Waals surface area contributed by atoms with Gasteiger partial charge in [-0.15, -0.1) is 0 Å². The summed E-state index contributed by atoms with van der Waals surface area (Å²) in [5.41, 5.74) is 1.17. The van der Waals surface area contributed by atoms with Crippen LogP contribution in [-0.4, -0.2) is 19.0 Å². The molecule has 0 spiro atoms. The van der Waals surface area contributed by atoms with Crippen LogP contribution >= 0.6 is 0 Å². The number of rotatable bonds is 4. The molecule has 1 heterocycles. The first-order valence-electron chi connectivity index (χ1n) is 7.84. The summed E-state index contributed by atoms with van der Waals surface area (Å²) in [5, 5.41) is 6.59. The summed E-state index contributed by atoms with van der Waals surface area (Å²) in [6, 6.07) is 10.1. The van der Waals surface area contributed by atoms with Gasteiger partial charge in [0.05, 0.1) is 0 Å². The van der Waals surface area contributed by atoms with Crippen molar-refractivity contribution < 1.29 is 4.79 Å². The number of hydrogen-bond acceptors (Lipinski definition) is 2. The summed E-state index contributed by atoms with van der Waals surface area (Å²) in [5.74, 6) is 2.24. The maximum atomic E-state index is 12.2. The number of nitrogens with one attached hydrogen (secondary N) is 2. The molecule has 1 aromatic rings. The van der Waals surface area contributed by atoms with Gasteiger partial charge in [-0.3, -0.25) is 4.79 Å². The first-order valence-corrected chi connectivity index (χ1v) is 7.84. The second-order valence-corrected chi connectivity index (χ2v) is 6.24. The van der Waals surface area contributed by atoms with E-state index >= 15 is 0 Å². The zero-order valence-electron chi connectivity index (χ0n) is 12.0. The Morgan fingerprint density at radius 3 is 2.55 bits per heavy atom. The highest BCUT2D eigenvalue weighted by Crippen LogP contribution is 2.38. The van der Waals surface area contributed by atoms with E-state index in [1.807, 2.05) is 18.2 Å². The second-order valence-electron chi connectivity index (χ2n) is 6.24. The van der Waals surface area contributed by atoms with Crippen molar-refractivity contribution in [3.05, 3.63) is 35.9 Å². The third kappa shape index (κ3) is 3.21. The summed E-state index contributed by atoms with van der Waals surface area (Å²) >= 11 is 0. The fourth-order valence-electron chi connectivity index (χ4n) is 3.83. The van der Waals surface area contributed by atoms with Gasteiger partial charge in [0.25, 0.3) is 0 Å². The van der Waals surface area contributed by atoms with Crippen LogP contribution in [0.3, 0.4) is 0 Å². The van der Waals surface area contributed by atoms with Crippen LogP contribution in [0, 0.1) is 17.8 Å². The van der Waals surface area contributed by atoms with Crippen LogP contribution in [-0.2, 0) is 11.3 Å². The molecule has 2 bridgehead atoms. The van der Waals surface area contributed by atoms with Crippen LogP contribution < -0.4 is 10.6 Å². The van der Waals surface area contributed by atoms with Gasteiger partial charge in [-0.1, -0.05) is 36.8 Å². The highest BCUT2D eigenvalue weighted by Gasteiger charge is 2.37. The van der Waals surface area contributed by atoms with Crippen LogP contribution in [0.4, 0.5) is 0 Å². The smallest absolute Gasteiger partial charge is 0.220 e. The number of benzene rings is 1. The summed E-state index contributed by atoms with van der Waals surface area (Å²) in [7, 11) is 0. The van der Waals surface area contributed by atoms with Crippen LogP contribution in [0.15, 0.2) is 30.3 Å². The Kier molecular flexibility index (Phi) is 4.36. The molecule has 2 N–H and O–H groups in total. The Balaban J connectivity index is 1.51. The van der Waals surface area contributed by atoms with Crippen LogP contribution in [0.25, 0.3) is 0 Å². The number of piperidine rings is 1. The van der Waals surface area contributed by atoms with Gasteiger partial charge in [0.1, 0.15) is 0 Å². The molecular formula is C17H24N2O. The van der Waals surface area contributed by atoms with E-state index in [0.717, 1.165) is 13.1 Å². The average molecular weight is 272 g/mol. The average Bonchev–Trinajstić information content (AvgIpc) is 2.46. The molecule has 0 aromatic heterocycles. The number of hydrogen-bond donors (Lipinski definition) is 2. The first-order chi connectivity index (χ1) is 9.83. The van der Waals surface area contributed by atoms with Gasteiger partial charge >= 0.3 is 0 Å². The normalized spacial score (nSPS) is 28.9. The van der Waals surface area contributed by atoms with E-state index in [1.54, 1.807) is 0 Å². The lowest BCUT2D eigenvalue weighted by Crippen LogP contribution is -2.47. The molecule has 1 aromatic carbocycles. The number of carbonyl (C=O) groups excluding carboxylic acids is 1. The SMILES string of the molecule is O=C(CC1C2CCCC1CNC2)NCc1ccccc1. The molecule has 2 unspecified atom stereocenters. The first kappa shape index (κ1) is 13.6. The quantitative estimate of drug-likeness (QED) is 0.883. The van der Waals surface area contributed by atoms with E-state index in [1.165, 1.54) is 24.8 Å². The standard InChI is InChI=1S/C17H24N2O/c20-17(19-10-13-5-2-1-3-6-13)9-16-14-7-4-8-15(16)12-18-11-14/h1-3,5-6,14-16,18H,4,7-12H2,(H,19,20). The van der Waals surface area contributed by atoms with Gasteiger partial charge in [-0.05, 0) is 49.2 Å². The number of carbonyl (C=O) groups is 1. The lowest BCUT2D eigenvalue weighted by molar-refractivity contribution is -0.123. The molecule has 1 saturated carbocycles. The third-order valence-corrected chi connectivity index (χ3v) is 4.93. The minimum atomic E-state index is 0.220. The summed E-state index contributed by atoms with van der Waals surface area (Å²) in [6.45, 7) is 2.86. The fraction of sp³-hybridized carbons (Fsp3) is 0.588. The molecule has 3 heteroatoms. The Labute approximate surface area is 121 Å². The molecule has 3 rings (SSSR count). The van der Waals surface area contributed by atoms with E-state index in [9.17, 15) is 4.79 Å². The monoisotopic (exact) mass is 272 g/mol. The topological polar surface area (TPSA) is 41.1 Å². The molecule has 1 amide bonds. The maximum Gasteiger partial charge on any atom is 0.220 e. The molecule has 2 fully saturated rings. The summed E-state index contributed by atoms with van der Waals surface area (Å²) < 4.78 is 0. The van der Waals surface area contributed by atoms with Gasteiger partial charge < -0.3 is 10.6 Å². The lowest BCUT2D eigenvalue weighted by atomic mass is 9.68. The Morgan fingerprint density at radius 1 is 1.15 bits per heavy atom. The van der Waals surface area contributed by atoms with E-state index < -0.39 is 0 Å². The van der Waals surface area contributed by atoms with Crippen molar-refractivity contribution >= 4 is 5.91 Å². The van der Waals surface area contributed by atoms with Gasteiger partial charge in [-0.2, -0.15) is 0 Å². The molecular weight excluding hydrogens is 248 g/mol. The van der Waals surface area contributed by atoms with Gasteiger partial charge in [0, 0.05) is 13.0 Å². The summed E-state index contributed by atoms with van der Waals surface area (Å²) in [4.78, 5) is 12.2. The molecule has 20 heavy (non-hydrogen) atoms. The minimum absolute atomic E-state index is 0.220. The van der Waals surface area contributed by atoms with Gasteiger partial charge in [-0.25, -0.2) is 0 Å². The largest absolute Gasteiger partial charge is 0.352 e. The highest BCUT2D eigenvalue weighted by atomic mass is 16.1. The van der Waals surface area contributed by atoms with Crippen molar-refractivity contribution in [2.75, 3.05) is 13.1 Å². The fourth-order valence-corrected chi connectivity index (χ4v) is 3.83. The van der Waals surface area contributed by atoms with E-state index in [0.29, 0.717) is 30.7 Å². The second kappa shape index (κ2) is 6.40. The molecule has 2 aliphatic rings. The van der Waals surface area contributed by atoms with Crippen molar-refractivity contribution in [2.45, 2.75) is 32.2 Å². The van der Waals surface area contributed by atoms with Crippen molar-refractivity contribution in [1.82, 2.24) is 10.6 Å². The molecule has 3 nitrogen and oxygen atoms in total. The third-order valence-electron chi connectivity index (χ3n) is 4.93. The number of amides is 1. The lowest BCUT2D eigenvalue weighted by Gasteiger charge is -2.42. The Morgan fingerprint density at radius 2 is 1.85 bits per heavy atom. The molecule has 0 radical (unpaired) electrons. The van der Waals surface area contributed by atoms with Crippen molar-refractivity contribution in [1.29, 1.82) is 0 Å². The van der Waals surface area contributed by atoms with Crippen molar-refractivity contribution in [2.24, 2.45) is 17.8 Å². The Bertz CT molecular complexity index is 424. The molecule has 1 aliphatic heterocycles. The Hall–Kier alpha value is -1.35. The molecule has 1 saturated heterocycles. The van der Waals surface area contributed by atoms with E-state index in [2.05, 4.69) is 22.8 Å². The van der Waals surface area contributed by atoms with Crippen LogP contribution in [0.2, 0.25) is 0 Å². The zero-order valence-corrected chi connectivity index (χ0v) is 12.0. The predicted molar refractivity (Wildman–Crippen MR) is 80.1 cm³/mol. The van der Waals surface area contributed by atoms with Gasteiger partial charge in [0.15, 0.2) is 0 Å². The van der Waals surface area contributed by atoms with Crippen LogP contribution in [0.5, 0.6) is 0 Å². The minimum Gasteiger partial charge on any atom is -0.352 e.